The maximum Gasteiger partial charge on any atom is 0.407 e. The van der Waals surface area contributed by atoms with Crippen LogP contribution < -0.4 is 21.3 Å². The van der Waals surface area contributed by atoms with Gasteiger partial charge in [0.05, 0.1) is 44.8 Å². The highest BCUT2D eigenvalue weighted by Gasteiger charge is 2.25. The molecule has 0 aliphatic carbocycles. The molecule has 0 saturated heterocycles. The molecule has 15 heteroatoms. The van der Waals surface area contributed by atoms with Gasteiger partial charge in [-0.25, -0.2) is 4.79 Å². The van der Waals surface area contributed by atoms with Crippen molar-refractivity contribution in [3.63, 3.8) is 0 Å². The Morgan fingerprint density at radius 1 is 0.435 bits per heavy atom. The average molecular weight is 1190 g/mol. The van der Waals surface area contributed by atoms with Crippen LogP contribution in [0.5, 0.6) is 0 Å². The molecule has 4 amide bonds. The predicted octanol–water partition coefficient (Wildman–Crippen LogP) is 15.3. The summed E-state index contributed by atoms with van der Waals surface area (Å²) in [6.45, 7) is 7.47. The molecule has 0 aliphatic rings. The Kier molecular flexibility index (Phi) is 48.7. The number of benzene rings is 2. The molecule has 484 valence electrons. The Balaban J connectivity index is 2.02. The predicted molar refractivity (Wildman–Crippen MR) is 342 cm³/mol. The quantitative estimate of drug-likeness (QED) is 0.0239. The summed E-state index contributed by atoms with van der Waals surface area (Å²) in [5.74, 6) is -1.84. The first kappa shape index (κ1) is 76.1. The van der Waals surface area contributed by atoms with Gasteiger partial charge in [0, 0.05) is 32.4 Å². The second-order valence-electron chi connectivity index (χ2n) is 23.6. The van der Waals surface area contributed by atoms with Gasteiger partial charge >= 0.3 is 18.0 Å². The molecular weight excluding hydrogens is 1070 g/mol. The molecule has 0 saturated carbocycles. The molecular formula is C70H118N4O11. The fourth-order valence-corrected chi connectivity index (χ4v) is 10.4. The topological polar surface area (TPSA) is 208 Å². The fourth-order valence-electron chi connectivity index (χ4n) is 10.4. The van der Waals surface area contributed by atoms with Gasteiger partial charge in [0.15, 0.2) is 0 Å². The van der Waals surface area contributed by atoms with E-state index in [4.69, 9.17) is 18.9 Å². The number of esters is 2. The second-order valence-corrected chi connectivity index (χ2v) is 23.6. The number of hydrogen-bond donors (Lipinski definition) is 5. The van der Waals surface area contributed by atoms with Crippen LogP contribution >= 0.6 is 0 Å². The summed E-state index contributed by atoms with van der Waals surface area (Å²) in [5, 5.41) is 21.9. The van der Waals surface area contributed by atoms with Crippen LogP contribution in [0.25, 0.3) is 0 Å². The first-order valence-corrected chi connectivity index (χ1v) is 34.0. The third kappa shape index (κ3) is 45.0. The van der Waals surface area contributed by atoms with E-state index in [2.05, 4.69) is 42.0 Å². The van der Waals surface area contributed by atoms with Gasteiger partial charge in [-0.3, -0.25) is 24.0 Å². The van der Waals surface area contributed by atoms with Gasteiger partial charge in [-0.05, 0) is 62.5 Å². The lowest BCUT2D eigenvalue weighted by molar-refractivity contribution is -0.151. The van der Waals surface area contributed by atoms with Crippen LogP contribution in [0.1, 0.15) is 282 Å². The zero-order valence-electron chi connectivity index (χ0n) is 53.4. The summed E-state index contributed by atoms with van der Waals surface area (Å²) in [4.78, 5) is 79.5. The molecule has 0 fully saturated rings. The first-order chi connectivity index (χ1) is 41.6. The van der Waals surface area contributed by atoms with Crippen molar-refractivity contribution in [1.82, 2.24) is 21.3 Å². The van der Waals surface area contributed by atoms with Crippen molar-refractivity contribution in [2.45, 2.75) is 309 Å². The van der Waals surface area contributed by atoms with E-state index >= 15 is 0 Å². The number of nitrogens with one attached hydrogen (secondary N) is 4. The monoisotopic (exact) mass is 1190 g/mol. The minimum Gasteiger partial charge on any atom is -0.466 e. The Labute approximate surface area is 514 Å². The van der Waals surface area contributed by atoms with E-state index < -0.39 is 42.1 Å². The number of ether oxygens (including phenoxy) is 4. The lowest BCUT2D eigenvalue weighted by atomic mass is 10.0. The molecule has 2 rings (SSSR count). The van der Waals surface area contributed by atoms with E-state index in [1.54, 1.807) is 0 Å². The minimum atomic E-state index is -1.05. The molecule has 0 bridgehead atoms. The number of alkyl carbamates (subject to hydrolysis) is 1. The summed E-state index contributed by atoms with van der Waals surface area (Å²) in [6, 6.07) is 17.8. The Bertz CT molecular complexity index is 1960. The number of carbonyl (C=O) groups excluding carboxylic acids is 6. The Morgan fingerprint density at radius 3 is 1.42 bits per heavy atom. The number of carbonyl (C=O) groups is 6. The molecule has 0 spiro atoms. The van der Waals surface area contributed by atoms with Crippen LogP contribution in [0, 0.1) is 0 Å². The largest absolute Gasteiger partial charge is 0.466 e. The van der Waals surface area contributed by atoms with E-state index in [1.165, 1.54) is 109 Å². The molecule has 85 heavy (non-hydrogen) atoms. The normalized spacial score (nSPS) is 12.6. The molecule has 2 unspecified atom stereocenters. The molecule has 15 nitrogen and oxygen atoms in total. The van der Waals surface area contributed by atoms with Crippen molar-refractivity contribution < 1.29 is 52.8 Å². The summed E-state index contributed by atoms with van der Waals surface area (Å²) < 4.78 is 23.1. The van der Waals surface area contributed by atoms with Crippen LogP contribution in [0.4, 0.5) is 4.79 Å². The van der Waals surface area contributed by atoms with Crippen molar-refractivity contribution in [2.24, 2.45) is 0 Å². The van der Waals surface area contributed by atoms with Gasteiger partial charge < -0.3 is 45.3 Å². The minimum absolute atomic E-state index is 0.0154. The summed E-state index contributed by atoms with van der Waals surface area (Å²) in [7, 11) is 0. The SMILES string of the molecule is CCCCCCCCCCCC(=O)O[C@H](CCCCCCCCCCC)CC(=O)NC(CCOC(=O)CCCCCNC(=O)OCc1ccccc1)C(=O)NCCCC(CO)NC(=O)C[C@@H](CCCCCCCCCCC)OCc1ccccc1. The van der Waals surface area contributed by atoms with Gasteiger partial charge in [0.25, 0.3) is 0 Å². The van der Waals surface area contributed by atoms with Crippen LogP contribution in [0.2, 0.25) is 0 Å². The molecule has 0 heterocycles. The van der Waals surface area contributed by atoms with Crippen LogP contribution in [-0.4, -0.2) is 91.5 Å². The Hall–Kier alpha value is -5.02. The standard InChI is InChI=1S/C70H118N4O11/c1-4-7-10-13-16-19-22-25-35-46-62(83-57-59-41-31-28-32-42-59)54-65(76)73-61(56-75)45-40-52-71-69(80)64(50-53-82-67(78)48-38-30-39-51-72-70(81)84-58-60-43-33-29-34-44-60)74-66(77)55-63(47-36-26-23-20-17-14-11-8-5-2)85-68(79)49-37-27-24-21-18-15-12-9-6-3/h28-29,31-34,41-44,61-64,75H,4-27,30,35-40,45-58H2,1-3H3,(H,71,80)(H,72,81)(H,73,76)(H,74,77)/t61?,62-,63-,64?/m1/s1. The molecule has 0 aliphatic heterocycles. The van der Waals surface area contributed by atoms with Gasteiger partial charge in [-0.15, -0.1) is 0 Å². The van der Waals surface area contributed by atoms with Gasteiger partial charge in [-0.1, -0.05) is 248 Å². The summed E-state index contributed by atoms with van der Waals surface area (Å²) in [6.07, 6.45) is 34.3. The number of unbranched alkanes of at least 4 members (excludes halogenated alkanes) is 26. The number of aliphatic hydroxyl groups is 1. The highest BCUT2D eigenvalue weighted by molar-refractivity contribution is 5.88. The molecule has 0 radical (unpaired) electrons. The number of rotatable bonds is 57. The molecule has 2 aromatic carbocycles. The maximum absolute atomic E-state index is 13.9. The van der Waals surface area contributed by atoms with E-state index in [1.807, 2.05) is 60.7 Å². The van der Waals surface area contributed by atoms with Crippen molar-refractivity contribution in [3.05, 3.63) is 71.8 Å². The number of aliphatic hydroxyl groups excluding tert-OH is 1. The lowest BCUT2D eigenvalue weighted by Gasteiger charge is -2.22. The van der Waals surface area contributed by atoms with Crippen molar-refractivity contribution >= 4 is 35.8 Å². The van der Waals surface area contributed by atoms with Gasteiger partial charge in [0.2, 0.25) is 17.7 Å². The molecule has 4 atom stereocenters. The van der Waals surface area contributed by atoms with E-state index in [-0.39, 0.29) is 70.0 Å². The first-order valence-electron chi connectivity index (χ1n) is 34.0. The van der Waals surface area contributed by atoms with Crippen LogP contribution in [0.3, 0.4) is 0 Å². The van der Waals surface area contributed by atoms with E-state index in [0.29, 0.717) is 58.1 Å². The summed E-state index contributed by atoms with van der Waals surface area (Å²) >= 11 is 0. The molecule has 0 aromatic heterocycles. The van der Waals surface area contributed by atoms with Gasteiger partial charge in [0.1, 0.15) is 18.8 Å². The summed E-state index contributed by atoms with van der Waals surface area (Å²) in [5.41, 5.74) is 1.94. The van der Waals surface area contributed by atoms with Crippen molar-refractivity contribution in [3.8, 4) is 0 Å². The smallest absolute Gasteiger partial charge is 0.407 e. The highest BCUT2D eigenvalue weighted by Crippen LogP contribution is 2.19. The number of amides is 4. The van der Waals surface area contributed by atoms with E-state index in [9.17, 15) is 33.9 Å². The lowest BCUT2D eigenvalue weighted by Crippen LogP contribution is -2.48. The fraction of sp³-hybridized carbons (Fsp3) is 0.743. The Morgan fingerprint density at radius 2 is 0.882 bits per heavy atom. The maximum atomic E-state index is 13.9. The van der Waals surface area contributed by atoms with Gasteiger partial charge in [-0.2, -0.15) is 0 Å². The molecule has 5 N–H and O–H groups in total. The van der Waals surface area contributed by atoms with E-state index in [0.717, 1.165) is 81.8 Å². The molecule has 2 aromatic rings. The number of hydrogen-bond acceptors (Lipinski definition) is 11. The third-order valence-electron chi connectivity index (χ3n) is 15.7. The zero-order chi connectivity index (χ0) is 61.5. The van der Waals surface area contributed by atoms with Crippen LogP contribution in [0.15, 0.2) is 60.7 Å². The third-order valence-corrected chi connectivity index (χ3v) is 15.7. The second kappa shape index (κ2) is 54.4. The average Bonchev–Trinajstić information content (AvgIpc) is 3.54. The highest BCUT2D eigenvalue weighted by atomic mass is 16.6. The zero-order valence-corrected chi connectivity index (χ0v) is 53.4. The van der Waals surface area contributed by atoms with Crippen molar-refractivity contribution in [2.75, 3.05) is 26.3 Å². The van der Waals surface area contributed by atoms with Crippen molar-refractivity contribution in [1.29, 1.82) is 0 Å². The van der Waals surface area contributed by atoms with Crippen LogP contribution in [-0.2, 0) is 56.1 Å².